The minimum Gasteiger partial charge on any atom is -0.497 e. The van der Waals surface area contributed by atoms with Crippen molar-refractivity contribution in [2.75, 3.05) is 14.2 Å². The standard InChI is InChI=1S/C14H15Br2NOS/c1-17-13(14-7-10(15)8-19-14)6-9-5-11(18-2)3-4-12(9)16/h3-5,7-8,13,17H,6H2,1-2H3. The average molecular weight is 405 g/mol. The van der Waals surface area contributed by atoms with E-state index in [9.17, 15) is 0 Å². The first-order chi connectivity index (χ1) is 9.13. The summed E-state index contributed by atoms with van der Waals surface area (Å²) in [5.41, 5.74) is 1.24. The van der Waals surface area contributed by atoms with Gasteiger partial charge in [-0.05, 0) is 59.2 Å². The van der Waals surface area contributed by atoms with Crippen molar-refractivity contribution in [2.45, 2.75) is 12.5 Å². The lowest BCUT2D eigenvalue weighted by atomic mass is 10.0. The van der Waals surface area contributed by atoms with E-state index in [1.807, 2.05) is 19.2 Å². The Bertz CT molecular complexity index is 556. The minimum atomic E-state index is 0.305. The van der Waals surface area contributed by atoms with Crippen LogP contribution in [0.5, 0.6) is 5.75 Å². The van der Waals surface area contributed by atoms with Crippen LogP contribution in [-0.4, -0.2) is 14.2 Å². The highest BCUT2D eigenvalue weighted by Gasteiger charge is 2.14. The molecule has 0 amide bonds. The molecule has 0 aliphatic carbocycles. The molecule has 0 spiro atoms. The summed E-state index contributed by atoms with van der Waals surface area (Å²) in [7, 11) is 3.69. The Kier molecular flexibility index (Phi) is 5.45. The molecular formula is C14H15Br2NOS. The Morgan fingerprint density at radius 1 is 1.32 bits per heavy atom. The van der Waals surface area contributed by atoms with Crippen molar-refractivity contribution in [2.24, 2.45) is 0 Å². The number of thiophene rings is 1. The first-order valence-electron chi connectivity index (χ1n) is 5.87. The lowest BCUT2D eigenvalue weighted by Gasteiger charge is -2.16. The third kappa shape index (κ3) is 3.81. The fourth-order valence-electron chi connectivity index (χ4n) is 1.91. The topological polar surface area (TPSA) is 21.3 Å². The third-order valence-corrected chi connectivity index (χ3v) is 5.54. The van der Waals surface area contributed by atoms with Crippen molar-refractivity contribution in [1.29, 1.82) is 0 Å². The van der Waals surface area contributed by atoms with Crippen LogP contribution in [0.15, 0.2) is 38.6 Å². The van der Waals surface area contributed by atoms with Crippen LogP contribution in [0, 0.1) is 0 Å². The van der Waals surface area contributed by atoms with Crippen LogP contribution in [0.25, 0.3) is 0 Å². The van der Waals surface area contributed by atoms with Crippen molar-refractivity contribution in [3.63, 3.8) is 0 Å². The van der Waals surface area contributed by atoms with Crippen LogP contribution in [0.2, 0.25) is 0 Å². The summed E-state index contributed by atoms with van der Waals surface area (Å²) in [5, 5.41) is 5.48. The second-order valence-corrected chi connectivity index (χ2v) is 6.88. The zero-order chi connectivity index (χ0) is 13.8. The zero-order valence-electron chi connectivity index (χ0n) is 10.7. The van der Waals surface area contributed by atoms with Crippen LogP contribution in [0.3, 0.4) is 0 Å². The molecule has 0 saturated heterocycles. The van der Waals surface area contributed by atoms with E-state index >= 15 is 0 Å². The predicted octanol–water partition coefficient (Wildman–Crippen LogP) is 4.78. The number of halogens is 2. The molecule has 0 fully saturated rings. The molecule has 0 aliphatic rings. The molecule has 102 valence electrons. The van der Waals surface area contributed by atoms with Gasteiger partial charge in [0.2, 0.25) is 0 Å². The van der Waals surface area contributed by atoms with Gasteiger partial charge in [0, 0.05) is 25.2 Å². The molecule has 5 heteroatoms. The molecule has 0 radical (unpaired) electrons. The number of benzene rings is 1. The van der Waals surface area contributed by atoms with Crippen molar-refractivity contribution >= 4 is 43.2 Å². The maximum atomic E-state index is 5.29. The van der Waals surface area contributed by atoms with E-state index in [2.05, 4.69) is 54.7 Å². The molecule has 2 nitrogen and oxygen atoms in total. The van der Waals surface area contributed by atoms with Gasteiger partial charge in [0.05, 0.1) is 7.11 Å². The van der Waals surface area contributed by atoms with E-state index in [-0.39, 0.29) is 0 Å². The van der Waals surface area contributed by atoms with Gasteiger partial charge in [0.1, 0.15) is 5.75 Å². The highest BCUT2D eigenvalue weighted by Crippen LogP contribution is 2.31. The molecule has 1 N–H and O–H groups in total. The van der Waals surface area contributed by atoms with E-state index in [1.165, 1.54) is 10.4 Å². The molecule has 0 bridgehead atoms. The normalized spacial score (nSPS) is 12.4. The molecular weight excluding hydrogens is 390 g/mol. The molecule has 1 atom stereocenters. The Labute approximate surface area is 134 Å². The Morgan fingerprint density at radius 3 is 2.68 bits per heavy atom. The summed E-state index contributed by atoms with van der Waals surface area (Å²) in [4.78, 5) is 1.32. The monoisotopic (exact) mass is 403 g/mol. The van der Waals surface area contributed by atoms with E-state index in [0.717, 1.165) is 21.1 Å². The lowest BCUT2D eigenvalue weighted by molar-refractivity contribution is 0.414. The Hall–Kier alpha value is -0.360. The summed E-state index contributed by atoms with van der Waals surface area (Å²) in [6.45, 7) is 0. The van der Waals surface area contributed by atoms with Gasteiger partial charge in [0.25, 0.3) is 0 Å². The highest BCUT2D eigenvalue weighted by molar-refractivity contribution is 9.10. The van der Waals surface area contributed by atoms with Crippen molar-refractivity contribution in [1.82, 2.24) is 5.32 Å². The van der Waals surface area contributed by atoms with Crippen molar-refractivity contribution in [3.8, 4) is 5.75 Å². The summed E-state index contributed by atoms with van der Waals surface area (Å²) < 4.78 is 7.54. The number of ether oxygens (including phenoxy) is 1. The number of methoxy groups -OCH3 is 1. The summed E-state index contributed by atoms with van der Waals surface area (Å²) in [6.07, 6.45) is 0.918. The summed E-state index contributed by atoms with van der Waals surface area (Å²) >= 11 is 8.87. The number of hydrogen-bond acceptors (Lipinski definition) is 3. The predicted molar refractivity (Wildman–Crippen MR) is 88.2 cm³/mol. The number of hydrogen-bond donors (Lipinski definition) is 1. The SMILES string of the molecule is CNC(Cc1cc(OC)ccc1Br)c1cc(Br)cs1. The van der Waals surface area contributed by atoms with Gasteiger partial charge in [-0.1, -0.05) is 15.9 Å². The molecule has 19 heavy (non-hydrogen) atoms. The van der Waals surface area contributed by atoms with Gasteiger partial charge >= 0.3 is 0 Å². The number of nitrogens with one attached hydrogen (secondary N) is 1. The summed E-state index contributed by atoms with van der Waals surface area (Å²) in [5.74, 6) is 0.889. The largest absolute Gasteiger partial charge is 0.497 e. The first-order valence-corrected chi connectivity index (χ1v) is 8.34. The second-order valence-electron chi connectivity index (χ2n) is 4.17. The molecule has 1 aromatic carbocycles. The molecule has 1 heterocycles. The van der Waals surface area contributed by atoms with Crippen LogP contribution in [0.4, 0.5) is 0 Å². The van der Waals surface area contributed by atoms with Gasteiger partial charge in [-0.25, -0.2) is 0 Å². The van der Waals surface area contributed by atoms with Crippen molar-refractivity contribution < 1.29 is 4.74 Å². The van der Waals surface area contributed by atoms with Gasteiger partial charge in [-0.15, -0.1) is 11.3 Å². The van der Waals surface area contributed by atoms with Gasteiger partial charge < -0.3 is 10.1 Å². The van der Waals surface area contributed by atoms with E-state index in [1.54, 1.807) is 18.4 Å². The molecule has 0 aliphatic heterocycles. The molecule has 2 rings (SSSR count). The maximum Gasteiger partial charge on any atom is 0.119 e. The summed E-state index contributed by atoms with van der Waals surface area (Å²) in [6, 6.07) is 8.55. The van der Waals surface area contributed by atoms with Crippen LogP contribution < -0.4 is 10.1 Å². The van der Waals surface area contributed by atoms with Gasteiger partial charge in [-0.3, -0.25) is 0 Å². The molecule has 1 aromatic heterocycles. The van der Waals surface area contributed by atoms with Crippen LogP contribution in [0.1, 0.15) is 16.5 Å². The molecule has 1 unspecified atom stereocenters. The van der Waals surface area contributed by atoms with Crippen molar-refractivity contribution in [3.05, 3.63) is 49.0 Å². The fourth-order valence-corrected chi connectivity index (χ4v) is 3.87. The van der Waals surface area contributed by atoms with E-state index in [4.69, 9.17) is 4.74 Å². The first kappa shape index (κ1) is 15.0. The second kappa shape index (κ2) is 6.88. The van der Waals surface area contributed by atoms with Gasteiger partial charge in [-0.2, -0.15) is 0 Å². The Morgan fingerprint density at radius 2 is 2.11 bits per heavy atom. The van der Waals surface area contributed by atoms with Crippen LogP contribution >= 0.6 is 43.2 Å². The molecule has 0 saturated carbocycles. The van der Waals surface area contributed by atoms with E-state index in [0.29, 0.717) is 6.04 Å². The zero-order valence-corrected chi connectivity index (χ0v) is 14.7. The van der Waals surface area contributed by atoms with Gasteiger partial charge in [0.15, 0.2) is 0 Å². The average Bonchev–Trinajstić information content (AvgIpc) is 2.84. The lowest BCUT2D eigenvalue weighted by Crippen LogP contribution is -2.17. The third-order valence-electron chi connectivity index (χ3n) is 2.96. The van der Waals surface area contributed by atoms with E-state index < -0.39 is 0 Å². The maximum absolute atomic E-state index is 5.29. The Balaban J connectivity index is 2.23. The fraction of sp³-hybridized carbons (Fsp3) is 0.286. The number of likely N-dealkylation sites (N-methyl/N-ethyl adjacent to an activating group) is 1. The number of rotatable bonds is 5. The smallest absolute Gasteiger partial charge is 0.119 e. The molecule has 2 aromatic rings. The van der Waals surface area contributed by atoms with Crippen LogP contribution in [-0.2, 0) is 6.42 Å². The minimum absolute atomic E-state index is 0.305. The highest BCUT2D eigenvalue weighted by atomic mass is 79.9. The quantitative estimate of drug-likeness (QED) is 0.773.